The Bertz CT molecular complexity index is 142. The van der Waals surface area contributed by atoms with Crippen LogP contribution in [0.4, 0.5) is 4.39 Å². The Morgan fingerprint density at radius 3 is 2.70 bits per heavy atom. The van der Waals surface area contributed by atoms with E-state index in [1.807, 2.05) is 0 Å². The highest BCUT2D eigenvalue weighted by Crippen LogP contribution is 1.98. The number of rotatable bonds is 3. The van der Waals surface area contributed by atoms with Gasteiger partial charge in [-0.1, -0.05) is 0 Å². The standard InChI is InChI=1S/C6H9FO3/c1-3-10-6(8)5(7)4-9-2/h4H,3H2,1-2H3. The highest BCUT2D eigenvalue weighted by Gasteiger charge is 2.08. The summed E-state index contributed by atoms with van der Waals surface area (Å²) in [5.74, 6) is -2.02. The third-order valence-corrected chi connectivity index (χ3v) is 0.692. The van der Waals surface area contributed by atoms with Crippen LogP contribution in [0.5, 0.6) is 0 Å². The molecule has 0 aliphatic rings. The molecule has 0 bridgehead atoms. The molecule has 58 valence electrons. The van der Waals surface area contributed by atoms with Crippen molar-refractivity contribution in [1.82, 2.24) is 0 Å². The monoisotopic (exact) mass is 148 g/mol. The van der Waals surface area contributed by atoms with Gasteiger partial charge in [0.25, 0.3) is 0 Å². The van der Waals surface area contributed by atoms with Crippen LogP contribution in [0.25, 0.3) is 0 Å². The van der Waals surface area contributed by atoms with E-state index in [1.165, 1.54) is 7.11 Å². The minimum atomic E-state index is -1.02. The fourth-order valence-corrected chi connectivity index (χ4v) is 0.352. The summed E-state index contributed by atoms with van der Waals surface area (Å²) >= 11 is 0. The summed E-state index contributed by atoms with van der Waals surface area (Å²) in [4.78, 5) is 10.4. The molecule has 0 aromatic rings. The maximum atomic E-state index is 12.2. The maximum Gasteiger partial charge on any atom is 0.370 e. The number of halogens is 1. The highest BCUT2D eigenvalue weighted by atomic mass is 19.1. The van der Waals surface area contributed by atoms with Crippen molar-refractivity contribution in [2.75, 3.05) is 13.7 Å². The molecule has 0 saturated carbocycles. The van der Waals surface area contributed by atoms with E-state index in [4.69, 9.17) is 0 Å². The molecule has 0 fully saturated rings. The van der Waals surface area contributed by atoms with E-state index in [1.54, 1.807) is 6.92 Å². The van der Waals surface area contributed by atoms with Crippen LogP contribution in [-0.2, 0) is 14.3 Å². The lowest BCUT2D eigenvalue weighted by molar-refractivity contribution is -0.140. The minimum Gasteiger partial charge on any atom is -0.501 e. The van der Waals surface area contributed by atoms with E-state index in [0.717, 1.165) is 0 Å². The van der Waals surface area contributed by atoms with E-state index in [-0.39, 0.29) is 6.61 Å². The summed E-state index contributed by atoms with van der Waals surface area (Å²) in [6.45, 7) is 1.75. The van der Waals surface area contributed by atoms with Crippen molar-refractivity contribution in [1.29, 1.82) is 0 Å². The molecule has 4 heteroatoms. The van der Waals surface area contributed by atoms with Gasteiger partial charge in [-0.05, 0) is 6.92 Å². The van der Waals surface area contributed by atoms with Crippen molar-refractivity contribution in [3.8, 4) is 0 Å². The van der Waals surface area contributed by atoms with Crippen LogP contribution in [0.2, 0.25) is 0 Å². The molecule has 10 heavy (non-hydrogen) atoms. The summed E-state index contributed by atoms with van der Waals surface area (Å²) in [5, 5.41) is 0. The van der Waals surface area contributed by atoms with Crippen LogP contribution in [0.15, 0.2) is 12.1 Å². The predicted molar refractivity (Wildman–Crippen MR) is 32.8 cm³/mol. The van der Waals surface area contributed by atoms with Gasteiger partial charge in [-0.25, -0.2) is 4.79 Å². The molecule has 3 nitrogen and oxygen atoms in total. The Morgan fingerprint density at radius 2 is 2.30 bits per heavy atom. The van der Waals surface area contributed by atoms with Crippen LogP contribution in [0.1, 0.15) is 6.92 Å². The van der Waals surface area contributed by atoms with E-state index < -0.39 is 11.8 Å². The number of carbonyl (C=O) groups excluding carboxylic acids is 1. The molecule has 0 aliphatic heterocycles. The second-order valence-electron chi connectivity index (χ2n) is 1.42. The number of esters is 1. The van der Waals surface area contributed by atoms with Gasteiger partial charge in [0, 0.05) is 0 Å². The normalized spacial score (nSPS) is 10.9. The first kappa shape index (κ1) is 8.94. The van der Waals surface area contributed by atoms with Crippen molar-refractivity contribution in [2.24, 2.45) is 0 Å². The summed E-state index contributed by atoms with van der Waals surface area (Å²) in [6.07, 6.45) is 0.692. The average Bonchev–Trinajstić information content (AvgIpc) is 1.89. The minimum absolute atomic E-state index is 0.157. The zero-order valence-corrected chi connectivity index (χ0v) is 5.89. The van der Waals surface area contributed by atoms with Crippen LogP contribution in [0, 0.1) is 0 Å². The number of hydrogen-bond donors (Lipinski definition) is 0. The predicted octanol–water partition coefficient (Wildman–Crippen LogP) is 1.01. The first-order valence-corrected chi connectivity index (χ1v) is 2.78. The Kier molecular flexibility index (Phi) is 4.28. The molecule has 0 rings (SSSR count). The number of hydrogen-bond acceptors (Lipinski definition) is 3. The highest BCUT2D eigenvalue weighted by molar-refractivity contribution is 5.85. The molecule has 0 saturated heterocycles. The second kappa shape index (κ2) is 4.78. The van der Waals surface area contributed by atoms with Gasteiger partial charge in [-0.3, -0.25) is 0 Å². The zero-order chi connectivity index (χ0) is 7.98. The van der Waals surface area contributed by atoms with Crippen LogP contribution < -0.4 is 0 Å². The lowest BCUT2D eigenvalue weighted by Gasteiger charge is -1.96. The maximum absolute atomic E-state index is 12.2. The Hall–Kier alpha value is -1.06. The smallest absolute Gasteiger partial charge is 0.370 e. The molecule has 0 N–H and O–H groups in total. The molecule has 0 unspecified atom stereocenters. The summed E-state index contributed by atoms with van der Waals surface area (Å²) in [7, 11) is 1.25. The lowest BCUT2D eigenvalue weighted by Crippen LogP contribution is -2.04. The van der Waals surface area contributed by atoms with Gasteiger partial charge in [0.05, 0.1) is 13.7 Å². The van der Waals surface area contributed by atoms with Crippen molar-refractivity contribution in [2.45, 2.75) is 6.92 Å². The molecule has 0 radical (unpaired) electrons. The van der Waals surface area contributed by atoms with Gasteiger partial charge in [0.2, 0.25) is 5.83 Å². The van der Waals surface area contributed by atoms with E-state index >= 15 is 0 Å². The first-order chi connectivity index (χ1) is 4.72. The topological polar surface area (TPSA) is 35.5 Å². The van der Waals surface area contributed by atoms with Crippen molar-refractivity contribution in [3.63, 3.8) is 0 Å². The molecular weight excluding hydrogens is 139 g/mol. The molecule has 0 heterocycles. The van der Waals surface area contributed by atoms with Gasteiger partial charge >= 0.3 is 5.97 Å². The average molecular weight is 148 g/mol. The van der Waals surface area contributed by atoms with Crippen molar-refractivity contribution in [3.05, 3.63) is 12.1 Å². The first-order valence-electron chi connectivity index (χ1n) is 2.78. The quantitative estimate of drug-likeness (QED) is 0.340. The van der Waals surface area contributed by atoms with Crippen LogP contribution in [0.3, 0.4) is 0 Å². The number of methoxy groups -OCH3 is 1. The molecule has 0 aliphatic carbocycles. The van der Waals surface area contributed by atoms with Crippen LogP contribution in [-0.4, -0.2) is 19.7 Å². The van der Waals surface area contributed by atoms with Crippen molar-refractivity contribution < 1.29 is 18.7 Å². The van der Waals surface area contributed by atoms with Crippen LogP contribution >= 0.6 is 0 Å². The van der Waals surface area contributed by atoms with E-state index in [9.17, 15) is 9.18 Å². The summed E-state index contributed by atoms with van der Waals surface area (Å²) in [6, 6.07) is 0. The third-order valence-electron chi connectivity index (χ3n) is 0.692. The third kappa shape index (κ3) is 3.06. The number of carbonyl (C=O) groups is 1. The fraction of sp³-hybridized carbons (Fsp3) is 0.500. The molecular formula is C6H9FO3. The Morgan fingerprint density at radius 1 is 1.70 bits per heavy atom. The number of ether oxygens (including phenoxy) is 2. The summed E-state index contributed by atoms with van der Waals surface area (Å²) in [5.41, 5.74) is 0. The van der Waals surface area contributed by atoms with Gasteiger partial charge in [0.1, 0.15) is 6.26 Å². The van der Waals surface area contributed by atoms with Crippen molar-refractivity contribution >= 4 is 5.97 Å². The summed E-state index contributed by atoms with van der Waals surface area (Å²) < 4.78 is 20.8. The molecule has 0 atom stereocenters. The largest absolute Gasteiger partial charge is 0.501 e. The SMILES string of the molecule is CCOC(=O)C(F)=COC. The van der Waals surface area contributed by atoms with Gasteiger partial charge in [-0.15, -0.1) is 0 Å². The molecule has 0 spiro atoms. The molecule has 0 aromatic carbocycles. The Labute approximate surface area is 58.4 Å². The molecule has 0 amide bonds. The lowest BCUT2D eigenvalue weighted by atomic mass is 10.6. The van der Waals surface area contributed by atoms with E-state index in [2.05, 4.69) is 9.47 Å². The van der Waals surface area contributed by atoms with E-state index in [0.29, 0.717) is 6.26 Å². The Balaban J connectivity index is 3.82. The fourth-order valence-electron chi connectivity index (χ4n) is 0.352. The van der Waals surface area contributed by atoms with Gasteiger partial charge in [0.15, 0.2) is 0 Å². The van der Waals surface area contributed by atoms with Gasteiger partial charge in [-0.2, -0.15) is 4.39 Å². The second-order valence-corrected chi connectivity index (χ2v) is 1.42. The van der Waals surface area contributed by atoms with Gasteiger partial charge < -0.3 is 9.47 Å². The molecule has 0 aromatic heterocycles. The zero-order valence-electron chi connectivity index (χ0n) is 5.89.